The van der Waals surface area contributed by atoms with Gasteiger partial charge in [0.2, 0.25) is 0 Å². The average molecular weight is 234 g/mol. The summed E-state index contributed by atoms with van der Waals surface area (Å²) in [6, 6.07) is 10.4. The Hall–Kier alpha value is -1.32. The standard InChI is InChI=1S/C13H15NOS/c1-15-13-4-2-11(3-5-13)8-14-9-12-6-7-16-10-12/h2-7,10,14H,8-9H2,1H3/p+1. The van der Waals surface area contributed by atoms with Gasteiger partial charge in [0.15, 0.2) is 0 Å². The zero-order valence-electron chi connectivity index (χ0n) is 9.35. The van der Waals surface area contributed by atoms with Crippen LogP contribution < -0.4 is 10.1 Å². The van der Waals surface area contributed by atoms with Gasteiger partial charge in [-0.1, -0.05) is 0 Å². The average Bonchev–Trinajstić information content (AvgIpc) is 2.83. The van der Waals surface area contributed by atoms with Crippen molar-refractivity contribution in [3.63, 3.8) is 0 Å². The predicted molar refractivity (Wildman–Crippen MR) is 66.6 cm³/mol. The summed E-state index contributed by atoms with van der Waals surface area (Å²) in [5.41, 5.74) is 2.73. The SMILES string of the molecule is COc1ccc(C[NH2+]Cc2ccsc2)cc1. The highest BCUT2D eigenvalue weighted by Gasteiger charge is 1.98. The van der Waals surface area contributed by atoms with E-state index in [1.54, 1.807) is 18.4 Å². The van der Waals surface area contributed by atoms with Gasteiger partial charge in [0.05, 0.1) is 7.11 Å². The molecule has 2 N–H and O–H groups in total. The fraction of sp³-hybridized carbons (Fsp3) is 0.231. The molecule has 0 unspecified atom stereocenters. The molecule has 0 fully saturated rings. The molecule has 0 saturated carbocycles. The van der Waals surface area contributed by atoms with Gasteiger partial charge in [-0.15, -0.1) is 0 Å². The molecule has 0 aliphatic carbocycles. The molecular weight excluding hydrogens is 218 g/mol. The van der Waals surface area contributed by atoms with Crippen LogP contribution in [0.15, 0.2) is 41.1 Å². The molecule has 0 atom stereocenters. The van der Waals surface area contributed by atoms with Crippen LogP contribution in [0.2, 0.25) is 0 Å². The summed E-state index contributed by atoms with van der Waals surface area (Å²) in [6.07, 6.45) is 0. The van der Waals surface area contributed by atoms with Crippen molar-refractivity contribution in [3.05, 3.63) is 52.2 Å². The Morgan fingerprint density at radius 3 is 2.44 bits per heavy atom. The molecule has 2 nitrogen and oxygen atoms in total. The molecule has 0 bridgehead atoms. The highest BCUT2D eigenvalue weighted by atomic mass is 32.1. The molecule has 16 heavy (non-hydrogen) atoms. The van der Waals surface area contributed by atoms with Crippen molar-refractivity contribution in [2.75, 3.05) is 7.11 Å². The first kappa shape index (κ1) is 11.2. The number of benzene rings is 1. The zero-order valence-corrected chi connectivity index (χ0v) is 10.2. The smallest absolute Gasteiger partial charge is 0.118 e. The molecule has 0 spiro atoms. The minimum atomic E-state index is 0.918. The van der Waals surface area contributed by atoms with E-state index in [1.165, 1.54) is 11.1 Å². The lowest BCUT2D eigenvalue weighted by Crippen LogP contribution is -2.80. The molecule has 2 rings (SSSR count). The van der Waals surface area contributed by atoms with Crippen molar-refractivity contribution >= 4 is 11.3 Å². The number of nitrogens with two attached hydrogens (primary N) is 1. The minimum absolute atomic E-state index is 0.918. The second-order valence-corrected chi connectivity index (χ2v) is 4.46. The maximum Gasteiger partial charge on any atom is 0.118 e. The van der Waals surface area contributed by atoms with Crippen LogP contribution in [0.1, 0.15) is 11.1 Å². The lowest BCUT2D eigenvalue weighted by Gasteiger charge is -2.02. The third-order valence-corrected chi connectivity index (χ3v) is 3.23. The van der Waals surface area contributed by atoms with Crippen molar-refractivity contribution in [2.45, 2.75) is 13.1 Å². The highest BCUT2D eigenvalue weighted by molar-refractivity contribution is 7.07. The largest absolute Gasteiger partial charge is 0.497 e. The maximum absolute atomic E-state index is 5.12. The number of rotatable bonds is 5. The van der Waals surface area contributed by atoms with Gasteiger partial charge in [0.25, 0.3) is 0 Å². The monoisotopic (exact) mass is 234 g/mol. The fourth-order valence-electron chi connectivity index (χ4n) is 1.58. The molecule has 1 heterocycles. The molecule has 0 amide bonds. The summed E-state index contributed by atoms with van der Waals surface area (Å²) in [5.74, 6) is 0.918. The molecule has 1 aromatic heterocycles. The Kier molecular flexibility index (Phi) is 3.97. The van der Waals surface area contributed by atoms with E-state index in [2.05, 4.69) is 34.3 Å². The van der Waals surface area contributed by atoms with Crippen molar-refractivity contribution in [1.29, 1.82) is 0 Å². The van der Waals surface area contributed by atoms with Gasteiger partial charge in [-0.2, -0.15) is 11.3 Å². The molecule has 0 saturated heterocycles. The molecule has 1 aromatic carbocycles. The number of ether oxygens (including phenoxy) is 1. The highest BCUT2D eigenvalue weighted by Crippen LogP contribution is 2.10. The number of hydrogen-bond donors (Lipinski definition) is 1. The summed E-state index contributed by atoms with van der Waals surface area (Å²) in [5, 5.41) is 6.63. The lowest BCUT2D eigenvalue weighted by atomic mass is 10.2. The van der Waals surface area contributed by atoms with E-state index in [-0.39, 0.29) is 0 Å². The van der Waals surface area contributed by atoms with E-state index < -0.39 is 0 Å². The van der Waals surface area contributed by atoms with Crippen molar-refractivity contribution in [1.82, 2.24) is 0 Å². The van der Waals surface area contributed by atoms with Crippen LogP contribution in [-0.4, -0.2) is 7.11 Å². The molecular formula is C13H16NOS+. The van der Waals surface area contributed by atoms with E-state index in [9.17, 15) is 0 Å². The summed E-state index contributed by atoms with van der Waals surface area (Å²) >= 11 is 1.75. The van der Waals surface area contributed by atoms with E-state index in [0.29, 0.717) is 0 Å². The third-order valence-electron chi connectivity index (χ3n) is 2.50. The summed E-state index contributed by atoms with van der Waals surface area (Å²) in [6.45, 7) is 2.06. The maximum atomic E-state index is 5.12. The molecule has 0 aliphatic rings. The molecule has 3 heteroatoms. The number of methoxy groups -OCH3 is 1. The quantitative estimate of drug-likeness (QED) is 0.841. The summed E-state index contributed by atoms with van der Waals surface area (Å²) < 4.78 is 5.12. The van der Waals surface area contributed by atoms with Crippen LogP contribution >= 0.6 is 11.3 Å². The van der Waals surface area contributed by atoms with Gasteiger partial charge >= 0.3 is 0 Å². The van der Waals surface area contributed by atoms with Crippen LogP contribution in [0.25, 0.3) is 0 Å². The Morgan fingerprint density at radius 2 is 1.81 bits per heavy atom. The van der Waals surface area contributed by atoms with Crippen molar-refractivity contribution in [2.24, 2.45) is 0 Å². The van der Waals surface area contributed by atoms with E-state index >= 15 is 0 Å². The number of hydrogen-bond acceptors (Lipinski definition) is 2. The van der Waals surface area contributed by atoms with Gasteiger partial charge in [-0.05, 0) is 41.1 Å². The van der Waals surface area contributed by atoms with E-state index in [4.69, 9.17) is 4.74 Å². The van der Waals surface area contributed by atoms with Crippen LogP contribution in [0.5, 0.6) is 5.75 Å². The van der Waals surface area contributed by atoms with E-state index in [0.717, 1.165) is 18.8 Å². The van der Waals surface area contributed by atoms with Gasteiger partial charge < -0.3 is 10.1 Å². The topological polar surface area (TPSA) is 25.8 Å². The number of quaternary nitrogens is 1. The minimum Gasteiger partial charge on any atom is -0.497 e. The number of thiophene rings is 1. The normalized spacial score (nSPS) is 10.3. The first-order valence-electron chi connectivity index (χ1n) is 5.34. The first-order valence-corrected chi connectivity index (χ1v) is 6.28. The molecule has 0 radical (unpaired) electrons. The van der Waals surface area contributed by atoms with Crippen LogP contribution in [-0.2, 0) is 13.1 Å². The Labute approximate surface area is 99.9 Å². The van der Waals surface area contributed by atoms with Crippen LogP contribution in [0.3, 0.4) is 0 Å². The third kappa shape index (κ3) is 3.08. The molecule has 0 aliphatic heterocycles. The van der Waals surface area contributed by atoms with Gasteiger partial charge in [-0.25, -0.2) is 0 Å². The van der Waals surface area contributed by atoms with Gasteiger partial charge in [-0.3, -0.25) is 0 Å². The lowest BCUT2D eigenvalue weighted by molar-refractivity contribution is -0.686. The second kappa shape index (κ2) is 5.68. The molecule has 2 aromatic rings. The van der Waals surface area contributed by atoms with Crippen molar-refractivity contribution in [3.8, 4) is 5.75 Å². The Morgan fingerprint density at radius 1 is 1.06 bits per heavy atom. The van der Waals surface area contributed by atoms with Gasteiger partial charge in [0.1, 0.15) is 18.8 Å². The van der Waals surface area contributed by atoms with Crippen LogP contribution in [0.4, 0.5) is 0 Å². The predicted octanol–water partition coefficient (Wildman–Crippen LogP) is 2.02. The first-order chi connectivity index (χ1) is 7.88. The Bertz CT molecular complexity index is 408. The summed E-state index contributed by atoms with van der Waals surface area (Å²) in [4.78, 5) is 0. The summed E-state index contributed by atoms with van der Waals surface area (Å²) in [7, 11) is 1.69. The Balaban J connectivity index is 1.81. The molecule has 84 valence electrons. The van der Waals surface area contributed by atoms with E-state index in [1.807, 2.05) is 12.1 Å². The second-order valence-electron chi connectivity index (χ2n) is 3.68. The van der Waals surface area contributed by atoms with Gasteiger partial charge in [0, 0.05) is 11.1 Å². The zero-order chi connectivity index (χ0) is 11.2. The van der Waals surface area contributed by atoms with Crippen molar-refractivity contribution < 1.29 is 10.1 Å². The van der Waals surface area contributed by atoms with Crippen LogP contribution in [0, 0.1) is 0 Å². The fourth-order valence-corrected chi connectivity index (χ4v) is 2.26.